The van der Waals surface area contributed by atoms with Crippen LogP contribution in [-0.4, -0.2) is 28.7 Å². The van der Waals surface area contributed by atoms with Crippen molar-refractivity contribution in [2.24, 2.45) is 5.90 Å². The fourth-order valence-corrected chi connectivity index (χ4v) is 1.61. The average Bonchev–Trinajstić information content (AvgIpc) is 2.66. The summed E-state index contributed by atoms with van der Waals surface area (Å²) in [6.07, 6.45) is 3.54. The lowest BCUT2D eigenvalue weighted by Crippen LogP contribution is -2.25. The standard InChI is InChI=1S/C8H5NO3.C5H13NO/c10-7-5-3-1-2-4-6(5)8(11)9(7)12;1-2-3-4-5-7-6/h1-4,12H;2-6H2,1H3. The Morgan fingerprint density at radius 1 is 1.16 bits per heavy atom. The molecule has 2 amide bonds. The van der Waals surface area contributed by atoms with Crippen LogP contribution < -0.4 is 5.90 Å². The summed E-state index contributed by atoms with van der Waals surface area (Å²) in [5.74, 6) is 3.46. The monoisotopic (exact) mass is 266 g/mol. The molecule has 104 valence electrons. The summed E-state index contributed by atoms with van der Waals surface area (Å²) in [5, 5.41) is 9.05. The Labute approximate surface area is 111 Å². The van der Waals surface area contributed by atoms with E-state index in [-0.39, 0.29) is 16.2 Å². The Balaban J connectivity index is 0.000000224. The van der Waals surface area contributed by atoms with E-state index in [0.717, 1.165) is 6.42 Å². The van der Waals surface area contributed by atoms with Gasteiger partial charge in [0.15, 0.2) is 0 Å². The third kappa shape index (κ3) is 3.85. The summed E-state index contributed by atoms with van der Waals surface area (Å²) in [6, 6.07) is 6.30. The van der Waals surface area contributed by atoms with E-state index >= 15 is 0 Å². The van der Waals surface area contributed by atoms with Crippen LogP contribution in [0.5, 0.6) is 0 Å². The molecule has 0 unspecified atom stereocenters. The third-order valence-corrected chi connectivity index (χ3v) is 2.64. The number of unbranched alkanes of at least 4 members (excludes halogenated alkanes) is 2. The van der Waals surface area contributed by atoms with Gasteiger partial charge in [-0.05, 0) is 18.6 Å². The van der Waals surface area contributed by atoms with Crippen LogP contribution in [0.1, 0.15) is 46.9 Å². The van der Waals surface area contributed by atoms with Gasteiger partial charge in [0.2, 0.25) is 0 Å². The van der Waals surface area contributed by atoms with Crippen molar-refractivity contribution in [1.82, 2.24) is 5.06 Å². The highest BCUT2D eigenvalue weighted by molar-refractivity contribution is 6.20. The lowest BCUT2D eigenvalue weighted by atomic mass is 10.1. The van der Waals surface area contributed by atoms with Gasteiger partial charge in [-0.1, -0.05) is 31.9 Å². The maximum atomic E-state index is 11.1. The molecule has 0 radical (unpaired) electrons. The second-order valence-electron chi connectivity index (χ2n) is 4.05. The molecule has 0 aromatic heterocycles. The summed E-state index contributed by atoms with van der Waals surface area (Å²) < 4.78 is 0. The number of hydrogen-bond donors (Lipinski definition) is 2. The summed E-state index contributed by atoms with van der Waals surface area (Å²) in [4.78, 5) is 26.5. The Morgan fingerprint density at radius 3 is 2.11 bits per heavy atom. The van der Waals surface area contributed by atoms with Crippen LogP contribution in [0.3, 0.4) is 0 Å². The summed E-state index contributed by atoms with van der Waals surface area (Å²) >= 11 is 0. The van der Waals surface area contributed by atoms with Crippen LogP contribution in [0.2, 0.25) is 0 Å². The van der Waals surface area contributed by atoms with Crippen LogP contribution in [0.4, 0.5) is 0 Å². The van der Waals surface area contributed by atoms with Gasteiger partial charge in [-0.25, -0.2) is 5.90 Å². The maximum absolute atomic E-state index is 11.1. The van der Waals surface area contributed by atoms with Crippen molar-refractivity contribution in [1.29, 1.82) is 0 Å². The largest absolute Gasteiger partial charge is 0.305 e. The number of carbonyl (C=O) groups is 2. The minimum absolute atomic E-state index is 0.130. The normalized spacial score (nSPS) is 13.1. The van der Waals surface area contributed by atoms with Gasteiger partial charge in [0, 0.05) is 0 Å². The molecule has 2 rings (SSSR count). The predicted molar refractivity (Wildman–Crippen MR) is 68.4 cm³/mol. The first-order chi connectivity index (χ1) is 9.13. The molecule has 6 nitrogen and oxygen atoms in total. The molecule has 0 spiro atoms. The molecule has 1 aromatic rings. The molecule has 1 aromatic carbocycles. The van der Waals surface area contributed by atoms with Gasteiger partial charge >= 0.3 is 0 Å². The van der Waals surface area contributed by atoms with Crippen LogP contribution in [0, 0.1) is 0 Å². The van der Waals surface area contributed by atoms with Gasteiger partial charge in [0.05, 0.1) is 17.7 Å². The third-order valence-electron chi connectivity index (χ3n) is 2.64. The van der Waals surface area contributed by atoms with E-state index in [1.54, 1.807) is 12.1 Å². The number of carbonyl (C=O) groups excluding carboxylic acids is 2. The van der Waals surface area contributed by atoms with E-state index in [4.69, 9.17) is 11.1 Å². The van der Waals surface area contributed by atoms with Crippen molar-refractivity contribution < 1.29 is 19.6 Å². The Morgan fingerprint density at radius 2 is 1.68 bits per heavy atom. The van der Waals surface area contributed by atoms with E-state index in [0.29, 0.717) is 6.61 Å². The average molecular weight is 266 g/mol. The van der Waals surface area contributed by atoms with Gasteiger partial charge in [-0.2, -0.15) is 0 Å². The number of amides is 2. The van der Waals surface area contributed by atoms with Gasteiger partial charge in [0.1, 0.15) is 0 Å². The molecule has 19 heavy (non-hydrogen) atoms. The van der Waals surface area contributed by atoms with Crippen molar-refractivity contribution in [3.8, 4) is 0 Å². The van der Waals surface area contributed by atoms with Gasteiger partial charge in [-0.3, -0.25) is 14.8 Å². The van der Waals surface area contributed by atoms with Gasteiger partial charge in [0.25, 0.3) is 11.8 Å². The zero-order valence-electron chi connectivity index (χ0n) is 10.8. The Hall–Kier alpha value is -1.76. The van der Waals surface area contributed by atoms with E-state index < -0.39 is 11.8 Å². The zero-order valence-corrected chi connectivity index (χ0v) is 10.8. The minimum Gasteiger partial charge on any atom is -0.305 e. The predicted octanol–water partition coefficient (Wildman–Crippen LogP) is 1.74. The van der Waals surface area contributed by atoms with Crippen molar-refractivity contribution in [3.63, 3.8) is 0 Å². The molecule has 6 heteroatoms. The fourth-order valence-electron chi connectivity index (χ4n) is 1.61. The van der Waals surface area contributed by atoms with Gasteiger partial charge < -0.3 is 4.84 Å². The molecule has 0 bridgehead atoms. The molecule has 1 aliphatic heterocycles. The van der Waals surface area contributed by atoms with E-state index in [1.165, 1.54) is 25.0 Å². The van der Waals surface area contributed by atoms with Crippen molar-refractivity contribution in [3.05, 3.63) is 35.4 Å². The lowest BCUT2D eigenvalue weighted by Gasteiger charge is -1.99. The Kier molecular flexibility index (Phi) is 6.14. The molecular weight excluding hydrogens is 248 g/mol. The topological polar surface area (TPSA) is 92.9 Å². The van der Waals surface area contributed by atoms with E-state index in [2.05, 4.69) is 11.8 Å². The number of imide groups is 1. The highest BCUT2D eigenvalue weighted by Gasteiger charge is 2.33. The van der Waals surface area contributed by atoms with Crippen LogP contribution in [-0.2, 0) is 4.84 Å². The van der Waals surface area contributed by atoms with Crippen LogP contribution in [0.25, 0.3) is 0 Å². The van der Waals surface area contributed by atoms with E-state index in [9.17, 15) is 9.59 Å². The first-order valence-electron chi connectivity index (χ1n) is 6.11. The zero-order chi connectivity index (χ0) is 14.3. The lowest BCUT2D eigenvalue weighted by molar-refractivity contribution is -0.0327. The molecule has 0 aliphatic carbocycles. The number of nitrogens with zero attached hydrogens (tertiary/aromatic N) is 1. The van der Waals surface area contributed by atoms with Gasteiger partial charge in [-0.15, -0.1) is 5.06 Å². The summed E-state index contributed by atoms with van der Waals surface area (Å²) in [5.41, 5.74) is 0.509. The molecule has 3 N–H and O–H groups in total. The minimum atomic E-state index is -0.657. The first kappa shape index (κ1) is 15.3. The van der Waals surface area contributed by atoms with Crippen molar-refractivity contribution >= 4 is 11.8 Å². The summed E-state index contributed by atoms with van der Waals surface area (Å²) in [7, 11) is 0. The van der Waals surface area contributed by atoms with Crippen LogP contribution >= 0.6 is 0 Å². The molecule has 0 saturated heterocycles. The van der Waals surface area contributed by atoms with Crippen molar-refractivity contribution in [2.45, 2.75) is 26.2 Å². The number of hydrogen-bond acceptors (Lipinski definition) is 5. The van der Waals surface area contributed by atoms with E-state index in [1.807, 2.05) is 0 Å². The molecular formula is C13H18N2O4. The second kappa shape index (κ2) is 7.63. The first-order valence-corrected chi connectivity index (χ1v) is 6.11. The highest BCUT2D eigenvalue weighted by Crippen LogP contribution is 2.19. The van der Waals surface area contributed by atoms with Crippen LogP contribution in [0.15, 0.2) is 24.3 Å². The van der Waals surface area contributed by atoms with Crippen molar-refractivity contribution in [2.75, 3.05) is 6.61 Å². The number of benzene rings is 1. The summed E-state index contributed by atoms with van der Waals surface area (Å²) in [6.45, 7) is 2.85. The quantitative estimate of drug-likeness (QED) is 0.375. The molecule has 1 aliphatic rings. The number of nitrogens with two attached hydrogens (primary N) is 1. The number of fused-ring (bicyclic) bond motifs is 1. The Bertz CT molecular complexity index is 409. The fraction of sp³-hybridized carbons (Fsp3) is 0.385. The maximum Gasteiger partial charge on any atom is 0.285 e. The highest BCUT2D eigenvalue weighted by atomic mass is 16.6. The molecule has 0 saturated carbocycles. The molecule has 0 fully saturated rings. The second-order valence-corrected chi connectivity index (χ2v) is 4.05. The SMILES string of the molecule is CCCCCON.O=C1c2ccccc2C(=O)N1O. The number of rotatable bonds is 4. The molecule has 1 heterocycles. The molecule has 0 atom stereocenters. The smallest absolute Gasteiger partial charge is 0.285 e. The number of hydroxylamine groups is 2.